The van der Waals surface area contributed by atoms with Gasteiger partial charge in [0, 0.05) is 43.3 Å². The average Bonchev–Trinajstić information content (AvgIpc) is 3.29. The number of hydrogen-bond donors (Lipinski definition) is 1. The molecule has 3 aromatic rings. The Kier molecular flexibility index (Phi) is 6.71. The van der Waals surface area contributed by atoms with E-state index in [0.717, 1.165) is 17.3 Å². The highest BCUT2D eigenvalue weighted by Crippen LogP contribution is 2.31. The van der Waals surface area contributed by atoms with Crippen LogP contribution in [0.2, 0.25) is 0 Å². The number of sulfonamides is 1. The minimum Gasteiger partial charge on any atom is -0.373 e. The zero-order chi connectivity index (χ0) is 22.6. The summed E-state index contributed by atoms with van der Waals surface area (Å²) in [5.41, 5.74) is 1.85. The lowest BCUT2D eigenvalue weighted by Crippen LogP contribution is -2.30. The van der Waals surface area contributed by atoms with Crippen molar-refractivity contribution in [2.24, 2.45) is 0 Å². The SMILES string of the molecule is CCN(CC)S(=O)(=O)c1ccc(NC(C)c2ccc(-n3ccnc3)cc2)c([N+](=O)[O-])c1. The lowest BCUT2D eigenvalue weighted by molar-refractivity contribution is -0.384. The summed E-state index contributed by atoms with van der Waals surface area (Å²) in [5.74, 6) is 0. The standard InChI is InChI=1S/C21H25N5O4S/c1-4-25(5-2)31(29,30)19-10-11-20(21(14-19)26(27)28)23-16(3)17-6-8-18(9-7-17)24-13-12-22-15-24/h6-16,23H,4-5H2,1-3H3. The number of nitro groups is 1. The molecule has 0 amide bonds. The van der Waals surface area contributed by atoms with Gasteiger partial charge < -0.3 is 9.88 Å². The fraction of sp³-hybridized carbons (Fsp3) is 0.286. The Morgan fingerprint density at radius 2 is 1.84 bits per heavy atom. The molecule has 1 N–H and O–H groups in total. The first kappa shape index (κ1) is 22.4. The van der Waals surface area contributed by atoms with Crippen molar-refractivity contribution in [3.05, 3.63) is 76.9 Å². The summed E-state index contributed by atoms with van der Waals surface area (Å²) >= 11 is 0. The van der Waals surface area contributed by atoms with Gasteiger partial charge in [-0.2, -0.15) is 4.31 Å². The van der Waals surface area contributed by atoms with Crippen molar-refractivity contribution in [2.75, 3.05) is 18.4 Å². The fourth-order valence-electron chi connectivity index (χ4n) is 3.32. The smallest absolute Gasteiger partial charge is 0.293 e. The molecular weight excluding hydrogens is 418 g/mol. The van der Waals surface area contributed by atoms with Gasteiger partial charge >= 0.3 is 0 Å². The van der Waals surface area contributed by atoms with E-state index in [0.29, 0.717) is 13.1 Å². The first-order valence-electron chi connectivity index (χ1n) is 9.91. The van der Waals surface area contributed by atoms with Gasteiger partial charge in [-0.25, -0.2) is 13.4 Å². The van der Waals surface area contributed by atoms with E-state index in [1.54, 1.807) is 26.4 Å². The lowest BCUT2D eigenvalue weighted by Gasteiger charge is -2.20. The summed E-state index contributed by atoms with van der Waals surface area (Å²) in [4.78, 5) is 15.0. The summed E-state index contributed by atoms with van der Waals surface area (Å²) in [6.45, 7) is 5.92. The number of hydrogen-bond acceptors (Lipinski definition) is 6. The van der Waals surface area contributed by atoms with Crippen molar-refractivity contribution in [3.63, 3.8) is 0 Å². The van der Waals surface area contributed by atoms with E-state index in [4.69, 9.17) is 0 Å². The Morgan fingerprint density at radius 1 is 1.16 bits per heavy atom. The molecule has 1 atom stereocenters. The van der Waals surface area contributed by atoms with Crippen molar-refractivity contribution in [3.8, 4) is 5.69 Å². The Bertz CT molecular complexity index is 1140. The van der Waals surface area contributed by atoms with Gasteiger partial charge in [0.05, 0.1) is 16.1 Å². The van der Waals surface area contributed by atoms with Gasteiger partial charge in [-0.15, -0.1) is 0 Å². The molecule has 3 rings (SSSR count). The van der Waals surface area contributed by atoms with E-state index < -0.39 is 14.9 Å². The molecule has 0 bridgehead atoms. The Balaban J connectivity index is 1.86. The molecule has 0 aliphatic heterocycles. The van der Waals surface area contributed by atoms with Crippen LogP contribution in [0.3, 0.4) is 0 Å². The molecule has 10 heteroatoms. The van der Waals surface area contributed by atoms with Gasteiger partial charge in [-0.3, -0.25) is 10.1 Å². The summed E-state index contributed by atoms with van der Waals surface area (Å²) in [7, 11) is -3.79. The van der Waals surface area contributed by atoms with Gasteiger partial charge in [-0.1, -0.05) is 26.0 Å². The maximum absolute atomic E-state index is 12.7. The first-order chi connectivity index (χ1) is 14.8. The predicted octanol–water partition coefficient (Wildman–Crippen LogP) is 3.98. The minimum absolute atomic E-state index is 0.0919. The number of nitrogens with one attached hydrogen (secondary N) is 1. The monoisotopic (exact) mass is 443 g/mol. The summed E-state index contributed by atoms with van der Waals surface area (Å²) in [6.07, 6.45) is 5.24. The molecule has 0 radical (unpaired) electrons. The van der Waals surface area contributed by atoms with E-state index in [9.17, 15) is 18.5 Å². The maximum atomic E-state index is 12.7. The number of aromatic nitrogens is 2. The second kappa shape index (κ2) is 9.27. The molecule has 1 unspecified atom stereocenters. The first-order valence-corrected chi connectivity index (χ1v) is 11.3. The number of imidazole rings is 1. The van der Waals surface area contributed by atoms with Crippen molar-refractivity contribution in [1.82, 2.24) is 13.9 Å². The van der Waals surface area contributed by atoms with Crippen LogP contribution < -0.4 is 5.32 Å². The van der Waals surface area contributed by atoms with E-state index >= 15 is 0 Å². The summed E-state index contributed by atoms with van der Waals surface area (Å²) in [6, 6.07) is 11.5. The van der Waals surface area contributed by atoms with Crippen molar-refractivity contribution >= 4 is 21.4 Å². The van der Waals surface area contributed by atoms with Gasteiger partial charge in [0.25, 0.3) is 5.69 Å². The molecule has 0 aliphatic rings. The molecule has 164 valence electrons. The van der Waals surface area contributed by atoms with Crippen LogP contribution >= 0.6 is 0 Å². The minimum atomic E-state index is -3.79. The van der Waals surface area contributed by atoms with E-state index in [-0.39, 0.29) is 22.3 Å². The van der Waals surface area contributed by atoms with Crippen molar-refractivity contribution in [2.45, 2.75) is 31.7 Å². The van der Waals surface area contributed by atoms with E-state index in [1.165, 1.54) is 16.4 Å². The Labute approximate surface area is 181 Å². The van der Waals surface area contributed by atoms with Crippen LogP contribution in [0, 0.1) is 10.1 Å². The summed E-state index contributed by atoms with van der Waals surface area (Å²) < 4.78 is 28.6. The third-order valence-corrected chi connectivity index (χ3v) is 7.12. The molecule has 0 saturated carbocycles. The highest BCUT2D eigenvalue weighted by Gasteiger charge is 2.26. The molecule has 1 heterocycles. The second-order valence-electron chi connectivity index (χ2n) is 6.95. The van der Waals surface area contributed by atoms with Crippen LogP contribution in [0.4, 0.5) is 11.4 Å². The zero-order valence-corrected chi connectivity index (χ0v) is 18.4. The van der Waals surface area contributed by atoms with E-state index in [2.05, 4.69) is 10.3 Å². The van der Waals surface area contributed by atoms with Crippen molar-refractivity contribution < 1.29 is 13.3 Å². The molecule has 0 fully saturated rings. The highest BCUT2D eigenvalue weighted by atomic mass is 32.2. The van der Waals surface area contributed by atoms with Gasteiger partial charge in [0.2, 0.25) is 10.0 Å². The van der Waals surface area contributed by atoms with Crippen LogP contribution in [-0.4, -0.2) is 40.3 Å². The lowest BCUT2D eigenvalue weighted by atomic mass is 10.1. The van der Waals surface area contributed by atoms with Crippen molar-refractivity contribution in [1.29, 1.82) is 0 Å². The molecule has 1 aromatic heterocycles. The normalized spacial score (nSPS) is 12.6. The van der Waals surface area contributed by atoms with Crippen LogP contribution in [0.15, 0.2) is 66.1 Å². The predicted molar refractivity (Wildman–Crippen MR) is 119 cm³/mol. The second-order valence-corrected chi connectivity index (χ2v) is 8.89. The molecule has 31 heavy (non-hydrogen) atoms. The topological polar surface area (TPSA) is 110 Å². The zero-order valence-electron chi connectivity index (χ0n) is 17.6. The van der Waals surface area contributed by atoms with Crippen LogP contribution in [0.5, 0.6) is 0 Å². The Hall–Kier alpha value is -3.24. The molecule has 0 spiro atoms. The van der Waals surface area contributed by atoms with Crippen LogP contribution in [0.1, 0.15) is 32.4 Å². The van der Waals surface area contributed by atoms with E-state index in [1.807, 2.05) is 42.0 Å². The molecule has 2 aromatic carbocycles. The van der Waals surface area contributed by atoms with Gasteiger partial charge in [-0.05, 0) is 36.8 Å². The highest BCUT2D eigenvalue weighted by molar-refractivity contribution is 7.89. The quantitative estimate of drug-likeness (QED) is 0.396. The van der Waals surface area contributed by atoms with Crippen LogP contribution in [0.25, 0.3) is 5.69 Å². The molecule has 0 saturated heterocycles. The van der Waals surface area contributed by atoms with Crippen LogP contribution in [-0.2, 0) is 10.0 Å². The number of anilines is 1. The maximum Gasteiger partial charge on any atom is 0.293 e. The molecular formula is C21H25N5O4S. The fourth-order valence-corrected chi connectivity index (χ4v) is 4.80. The number of nitro benzene ring substituents is 1. The third-order valence-electron chi connectivity index (χ3n) is 5.08. The third kappa shape index (κ3) is 4.75. The number of nitrogens with zero attached hydrogens (tertiary/aromatic N) is 4. The average molecular weight is 444 g/mol. The van der Waals surface area contributed by atoms with Gasteiger partial charge in [0.15, 0.2) is 0 Å². The summed E-state index contributed by atoms with van der Waals surface area (Å²) in [5, 5.41) is 14.8. The molecule has 0 aliphatic carbocycles. The Morgan fingerprint density at radius 3 is 2.39 bits per heavy atom. The molecule has 9 nitrogen and oxygen atoms in total. The van der Waals surface area contributed by atoms with Gasteiger partial charge in [0.1, 0.15) is 5.69 Å². The number of benzene rings is 2. The largest absolute Gasteiger partial charge is 0.373 e. The number of rotatable bonds is 9.